The molecule has 0 aliphatic carbocycles. The number of carbonyl (C=O) groups excluding carboxylic acids is 1. The van der Waals surface area contributed by atoms with E-state index < -0.39 is 10.0 Å². The number of carbonyl (C=O) groups is 1. The van der Waals surface area contributed by atoms with Crippen molar-refractivity contribution >= 4 is 33.0 Å². The first-order valence-corrected chi connectivity index (χ1v) is 10.9. The third-order valence-electron chi connectivity index (χ3n) is 4.88. The highest BCUT2D eigenvalue weighted by Gasteiger charge is 2.30. The van der Waals surface area contributed by atoms with Gasteiger partial charge in [-0.25, -0.2) is 8.42 Å². The van der Waals surface area contributed by atoms with Gasteiger partial charge in [0.15, 0.2) is 0 Å². The van der Waals surface area contributed by atoms with Crippen LogP contribution in [0, 0.1) is 0 Å². The van der Waals surface area contributed by atoms with Crippen molar-refractivity contribution in [3.05, 3.63) is 46.2 Å². The molecular formula is C18H20N2O3S2. The van der Waals surface area contributed by atoms with Gasteiger partial charge in [-0.3, -0.25) is 4.79 Å². The second-order valence-corrected chi connectivity index (χ2v) is 9.32. The second-order valence-electron chi connectivity index (χ2n) is 6.44. The molecule has 3 heterocycles. The lowest BCUT2D eigenvalue weighted by Crippen LogP contribution is -2.35. The number of sulfonamides is 1. The Kier molecular flexibility index (Phi) is 4.39. The van der Waals surface area contributed by atoms with Crippen LogP contribution in [0.4, 0.5) is 5.69 Å². The third kappa shape index (κ3) is 3.01. The predicted molar refractivity (Wildman–Crippen MR) is 98.8 cm³/mol. The Morgan fingerprint density at radius 1 is 1.04 bits per heavy atom. The molecule has 5 nitrogen and oxygen atoms in total. The van der Waals surface area contributed by atoms with Crippen LogP contribution in [-0.2, 0) is 16.4 Å². The van der Waals surface area contributed by atoms with Crippen molar-refractivity contribution in [2.45, 2.75) is 30.6 Å². The molecule has 132 valence electrons. The Bertz CT molecular complexity index is 885. The molecule has 25 heavy (non-hydrogen) atoms. The largest absolute Gasteiger partial charge is 0.307 e. The summed E-state index contributed by atoms with van der Waals surface area (Å²) in [5.41, 5.74) is 1.76. The minimum absolute atomic E-state index is 0.0135. The van der Waals surface area contributed by atoms with Gasteiger partial charge >= 0.3 is 0 Å². The van der Waals surface area contributed by atoms with Crippen LogP contribution in [0.5, 0.6) is 0 Å². The zero-order valence-corrected chi connectivity index (χ0v) is 15.5. The summed E-state index contributed by atoms with van der Waals surface area (Å²) in [6.07, 6.45) is 3.63. The number of benzene rings is 1. The van der Waals surface area contributed by atoms with E-state index in [0.29, 0.717) is 35.8 Å². The number of thiophene rings is 1. The van der Waals surface area contributed by atoms with Crippen molar-refractivity contribution < 1.29 is 13.2 Å². The topological polar surface area (TPSA) is 57.7 Å². The molecule has 1 fully saturated rings. The molecule has 0 atom stereocenters. The maximum atomic E-state index is 12.8. The highest BCUT2D eigenvalue weighted by atomic mass is 32.2. The van der Waals surface area contributed by atoms with E-state index in [2.05, 4.69) is 0 Å². The zero-order chi connectivity index (χ0) is 17.4. The van der Waals surface area contributed by atoms with Gasteiger partial charge in [-0.1, -0.05) is 12.5 Å². The molecule has 1 saturated heterocycles. The van der Waals surface area contributed by atoms with E-state index in [-0.39, 0.29) is 5.91 Å². The summed E-state index contributed by atoms with van der Waals surface area (Å²) in [5.74, 6) is -0.0135. The Hall–Kier alpha value is -1.70. The summed E-state index contributed by atoms with van der Waals surface area (Å²) in [7, 11) is -3.43. The minimum Gasteiger partial charge on any atom is -0.307 e. The Morgan fingerprint density at radius 3 is 2.56 bits per heavy atom. The average Bonchev–Trinajstić information content (AvgIpc) is 3.31. The predicted octanol–water partition coefficient (Wildman–Crippen LogP) is 3.13. The molecule has 1 aromatic carbocycles. The van der Waals surface area contributed by atoms with Gasteiger partial charge in [0.25, 0.3) is 5.91 Å². The van der Waals surface area contributed by atoms with Crippen molar-refractivity contribution in [1.29, 1.82) is 0 Å². The normalized spacial score (nSPS) is 18.3. The molecule has 1 amide bonds. The first-order valence-electron chi connectivity index (χ1n) is 8.56. The van der Waals surface area contributed by atoms with Gasteiger partial charge in [-0.05, 0) is 54.5 Å². The lowest BCUT2D eigenvalue weighted by molar-refractivity contribution is 0.0993. The Labute approximate surface area is 151 Å². The van der Waals surface area contributed by atoms with E-state index >= 15 is 0 Å². The van der Waals surface area contributed by atoms with E-state index in [0.717, 1.165) is 30.5 Å². The standard InChI is InChI=1S/C18H20N2O3S2/c21-18(17-5-4-12-24-17)20-11-8-14-13-15(6-7-16(14)20)25(22,23)19-9-2-1-3-10-19/h4-7,12-13H,1-3,8-11H2. The van der Waals surface area contributed by atoms with E-state index in [4.69, 9.17) is 0 Å². The highest BCUT2D eigenvalue weighted by molar-refractivity contribution is 7.89. The molecule has 2 aliphatic rings. The summed E-state index contributed by atoms with van der Waals surface area (Å²) in [5, 5.41) is 1.89. The molecule has 2 aliphatic heterocycles. The van der Waals surface area contributed by atoms with E-state index in [9.17, 15) is 13.2 Å². The molecule has 0 spiro atoms. The number of nitrogens with zero attached hydrogens (tertiary/aromatic N) is 2. The van der Waals surface area contributed by atoms with Gasteiger partial charge in [0.2, 0.25) is 10.0 Å². The molecule has 2 aromatic rings. The maximum absolute atomic E-state index is 12.8. The first-order chi connectivity index (χ1) is 12.1. The second kappa shape index (κ2) is 6.55. The zero-order valence-electron chi connectivity index (χ0n) is 13.8. The van der Waals surface area contributed by atoms with E-state index in [1.165, 1.54) is 11.3 Å². The molecule has 7 heteroatoms. The average molecular weight is 377 g/mol. The molecule has 0 N–H and O–H groups in total. The van der Waals surface area contributed by atoms with Crippen molar-refractivity contribution in [3.63, 3.8) is 0 Å². The molecule has 1 aromatic heterocycles. The van der Waals surface area contributed by atoms with Gasteiger partial charge in [0.1, 0.15) is 0 Å². The molecule has 0 unspecified atom stereocenters. The molecule has 0 saturated carbocycles. The number of fused-ring (bicyclic) bond motifs is 1. The fourth-order valence-corrected chi connectivity index (χ4v) is 5.78. The molecular weight excluding hydrogens is 356 g/mol. The van der Waals surface area contributed by atoms with Gasteiger partial charge in [0.05, 0.1) is 9.77 Å². The highest BCUT2D eigenvalue weighted by Crippen LogP contribution is 2.33. The van der Waals surface area contributed by atoms with Crippen LogP contribution < -0.4 is 4.90 Å². The van der Waals surface area contributed by atoms with Crippen molar-refractivity contribution in [2.24, 2.45) is 0 Å². The van der Waals surface area contributed by atoms with Crippen molar-refractivity contribution in [1.82, 2.24) is 4.31 Å². The summed E-state index contributed by atoms with van der Waals surface area (Å²) in [4.78, 5) is 15.4. The Balaban J connectivity index is 1.62. The monoisotopic (exact) mass is 376 g/mol. The number of anilines is 1. The number of hydrogen-bond donors (Lipinski definition) is 0. The van der Waals surface area contributed by atoms with Gasteiger partial charge in [0, 0.05) is 25.3 Å². The van der Waals surface area contributed by atoms with Crippen LogP contribution in [0.1, 0.15) is 34.5 Å². The third-order valence-corrected chi connectivity index (χ3v) is 7.63. The number of piperidine rings is 1. The fourth-order valence-electron chi connectivity index (χ4n) is 3.54. The molecule has 0 radical (unpaired) electrons. The number of hydrogen-bond acceptors (Lipinski definition) is 4. The van der Waals surface area contributed by atoms with Crippen molar-refractivity contribution in [2.75, 3.05) is 24.5 Å². The number of amides is 1. The Morgan fingerprint density at radius 2 is 1.84 bits per heavy atom. The lowest BCUT2D eigenvalue weighted by Gasteiger charge is -2.26. The lowest BCUT2D eigenvalue weighted by atomic mass is 10.2. The summed E-state index contributed by atoms with van der Waals surface area (Å²) < 4.78 is 27.3. The van der Waals surface area contributed by atoms with Crippen LogP contribution >= 0.6 is 11.3 Å². The van der Waals surface area contributed by atoms with Crippen LogP contribution in [0.2, 0.25) is 0 Å². The SMILES string of the molecule is O=C(c1cccs1)N1CCc2cc(S(=O)(=O)N3CCCCC3)ccc21. The first kappa shape index (κ1) is 16.8. The molecule has 0 bridgehead atoms. The summed E-state index contributed by atoms with van der Waals surface area (Å²) >= 11 is 1.42. The van der Waals surface area contributed by atoms with Gasteiger partial charge in [-0.15, -0.1) is 11.3 Å². The van der Waals surface area contributed by atoms with Crippen LogP contribution in [-0.4, -0.2) is 38.3 Å². The quantitative estimate of drug-likeness (QED) is 0.827. The van der Waals surface area contributed by atoms with Crippen molar-refractivity contribution in [3.8, 4) is 0 Å². The van der Waals surface area contributed by atoms with E-state index in [1.54, 1.807) is 27.4 Å². The number of rotatable bonds is 3. The molecule has 4 rings (SSSR count). The van der Waals surface area contributed by atoms with Crippen LogP contribution in [0.15, 0.2) is 40.6 Å². The van der Waals surface area contributed by atoms with E-state index in [1.807, 2.05) is 17.5 Å². The van der Waals surface area contributed by atoms with Gasteiger partial charge in [-0.2, -0.15) is 4.31 Å². The smallest absolute Gasteiger partial charge is 0.268 e. The summed E-state index contributed by atoms with van der Waals surface area (Å²) in [6.45, 7) is 1.80. The summed E-state index contributed by atoms with van der Waals surface area (Å²) in [6, 6.07) is 8.86. The van der Waals surface area contributed by atoms with Gasteiger partial charge < -0.3 is 4.90 Å². The van der Waals surface area contributed by atoms with Crippen LogP contribution in [0.25, 0.3) is 0 Å². The minimum atomic E-state index is -3.43. The van der Waals surface area contributed by atoms with Crippen LogP contribution in [0.3, 0.4) is 0 Å². The maximum Gasteiger partial charge on any atom is 0.268 e. The fraction of sp³-hybridized carbons (Fsp3) is 0.389.